The molecule has 2 N–H and O–H groups in total. The van der Waals surface area contributed by atoms with Gasteiger partial charge in [0.1, 0.15) is 34.8 Å². The van der Waals surface area contributed by atoms with Gasteiger partial charge in [0, 0.05) is 5.02 Å². The number of ketones is 1. The van der Waals surface area contributed by atoms with E-state index in [2.05, 4.69) is 0 Å². The van der Waals surface area contributed by atoms with Gasteiger partial charge < -0.3 is 19.4 Å². The summed E-state index contributed by atoms with van der Waals surface area (Å²) in [7, 11) is 1.35. The minimum absolute atomic E-state index is 0.0368. The number of rotatable bonds is 4. The van der Waals surface area contributed by atoms with Crippen molar-refractivity contribution in [3.05, 3.63) is 80.7 Å². The molecule has 0 bridgehead atoms. The fraction of sp³-hybridized carbons (Fsp3) is 0.167. The molecule has 1 atom stereocenters. The van der Waals surface area contributed by atoms with E-state index >= 15 is 0 Å². The predicted molar refractivity (Wildman–Crippen MR) is 124 cm³/mol. The highest BCUT2D eigenvalue weighted by atomic mass is 35.5. The number of nitrogens with zero attached hydrogens (tertiary/aromatic N) is 1. The van der Waals surface area contributed by atoms with Gasteiger partial charge in [-0.1, -0.05) is 29.3 Å². The molecule has 33 heavy (non-hydrogen) atoms. The summed E-state index contributed by atoms with van der Waals surface area (Å²) in [6.07, 6.45) is 0. The van der Waals surface area contributed by atoms with Gasteiger partial charge in [-0.15, -0.1) is 0 Å². The van der Waals surface area contributed by atoms with Gasteiger partial charge in [-0.05, 0) is 55.8 Å². The summed E-state index contributed by atoms with van der Waals surface area (Å²) in [5, 5.41) is 22.1. The number of aromatic hydroxyl groups is 1. The highest BCUT2D eigenvalue weighted by Gasteiger charge is 2.49. The normalized spacial score (nSPS) is 17.6. The molecule has 0 spiro atoms. The van der Waals surface area contributed by atoms with Crippen LogP contribution in [-0.4, -0.2) is 29.0 Å². The van der Waals surface area contributed by atoms with Gasteiger partial charge in [-0.3, -0.25) is 14.5 Å². The van der Waals surface area contributed by atoms with Gasteiger partial charge in [-0.25, -0.2) is 0 Å². The van der Waals surface area contributed by atoms with Crippen LogP contribution >= 0.6 is 23.2 Å². The number of halogens is 2. The maximum atomic E-state index is 13.2. The number of phenols is 1. The number of carbonyl (C=O) groups is 2. The number of phenolic OH excluding ortho intramolecular Hbond substituents is 1. The lowest BCUT2D eigenvalue weighted by Crippen LogP contribution is -2.29. The SMILES string of the molecule is COc1c(Cl)cc(Cl)cc1/C(O)=C1\C(=O)C(=O)N(c2cc(C)ccc2O)C1c1ccc(C)o1. The highest BCUT2D eigenvalue weighted by Crippen LogP contribution is 2.47. The van der Waals surface area contributed by atoms with Crippen molar-refractivity contribution in [2.24, 2.45) is 0 Å². The van der Waals surface area contributed by atoms with Crippen molar-refractivity contribution in [1.29, 1.82) is 0 Å². The van der Waals surface area contributed by atoms with Crippen molar-refractivity contribution in [2.75, 3.05) is 12.0 Å². The monoisotopic (exact) mass is 487 g/mol. The average molecular weight is 488 g/mol. The second kappa shape index (κ2) is 8.50. The zero-order chi connectivity index (χ0) is 24.0. The quantitative estimate of drug-likeness (QED) is 0.284. The largest absolute Gasteiger partial charge is 0.507 e. The summed E-state index contributed by atoms with van der Waals surface area (Å²) in [5.41, 5.74) is 0.635. The average Bonchev–Trinajstić information content (AvgIpc) is 3.30. The van der Waals surface area contributed by atoms with Crippen LogP contribution < -0.4 is 9.64 Å². The number of aryl methyl sites for hydroxylation is 2. The molecule has 170 valence electrons. The van der Waals surface area contributed by atoms with Crippen LogP contribution in [0.5, 0.6) is 11.5 Å². The number of furan rings is 1. The van der Waals surface area contributed by atoms with Crippen LogP contribution in [0.3, 0.4) is 0 Å². The van der Waals surface area contributed by atoms with Crippen LogP contribution in [0, 0.1) is 13.8 Å². The first-order valence-corrected chi connectivity index (χ1v) is 10.6. The molecule has 1 unspecified atom stereocenters. The number of hydrogen-bond donors (Lipinski definition) is 2. The Kier molecular flexibility index (Phi) is 5.86. The Morgan fingerprint density at radius 2 is 1.82 bits per heavy atom. The maximum Gasteiger partial charge on any atom is 0.300 e. The van der Waals surface area contributed by atoms with Crippen LogP contribution in [0.2, 0.25) is 10.0 Å². The summed E-state index contributed by atoms with van der Waals surface area (Å²) in [4.78, 5) is 27.5. The first-order chi connectivity index (χ1) is 15.6. The van der Waals surface area contributed by atoms with Crippen LogP contribution in [0.1, 0.15) is 28.7 Å². The van der Waals surface area contributed by atoms with Gasteiger partial charge in [0.05, 0.1) is 29.0 Å². The number of Topliss-reactive ketones (excluding diaryl/α,β-unsaturated/α-hetero) is 1. The number of methoxy groups -OCH3 is 1. The zero-order valence-corrected chi connectivity index (χ0v) is 19.4. The third-order valence-corrected chi connectivity index (χ3v) is 5.83. The lowest BCUT2D eigenvalue weighted by atomic mass is 9.98. The van der Waals surface area contributed by atoms with Crippen molar-refractivity contribution in [3.63, 3.8) is 0 Å². The number of aliphatic hydroxyl groups is 1. The predicted octanol–water partition coefficient (Wildman–Crippen LogP) is 5.54. The summed E-state index contributed by atoms with van der Waals surface area (Å²) in [5.74, 6) is -1.82. The Labute approximate surface area is 199 Å². The minimum Gasteiger partial charge on any atom is -0.507 e. The number of aliphatic hydroxyl groups excluding tert-OH is 1. The molecule has 2 aromatic carbocycles. The van der Waals surface area contributed by atoms with E-state index in [0.717, 1.165) is 10.5 Å². The summed E-state index contributed by atoms with van der Waals surface area (Å²) < 4.78 is 11.1. The van der Waals surface area contributed by atoms with Crippen molar-refractivity contribution < 1.29 is 29.0 Å². The Morgan fingerprint density at radius 3 is 2.45 bits per heavy atom. The molecule has 1 fully saturated rings. The van der Waals surface area contributed by atoms with Gasteiger partial charge in [0.2, 0.25) is 0 Å². The van der Waals surface area contributed by atoms with Crippen molar-refractivity contribution in [3.8, 4) is 11.5 Å². The van der Waals surface area contributed by atoms with Gasteiger partial charge >= 0.3 is 0 Å². The summed E-state index contributed by atoms with van der Waals surface area (Å²) >= 11 is 12.3. The van der Waals surface area contributed by atoms with E-state index in [1.807, 2.05) is 0 Å². The molecular weight excluding hydrogens is 469 g/mol. The molecule has 1 aliphatic rings. The van der Waals surface area contributed by atoms with Gasteiger partial charge in [-0.2, -0.15) is 0 Å². The Morgan fingerprint density at radius 1 is 1.09 bits per heavy atom. The second-order valence-corrected chi connectivity index (χ2v) is 8.42. The Hall–Kier alpha value is -3.42. The van der Waals surface area contributed by atoms with E-state index in [1.54, 1.807) is 38.1 Å². The first kappa shape index (κ1) is 22.8. The number of hydrogen-bond acceptors (Lipinski definition) is 6. The number of carbonyl (C=O) groups excluding carboxylic acids is 2. The molecule has 3 aromatic rings. The van der Waals surface area contributed by atoms with Crippen molar-refractivity contribution in [1.82, 2.24) is 0 Å². The van der Waals surface area contributed by atoms with Crippen LogP contribution in [-0.2, 0) is 9.59 Å². The van der Waals surface area contributed by atoms with E-state index in [1.165, 1.54) is 25.3 Å². The Balaban J connectivity index is 2.03. The molecule has 0 aliphatic carbocycles. The summed E-state index contributed by atoms with van der Waals surface area (Å²) in [6, 6.07) is 9.57. The maximum absolute atomic E-state index is 13.2. The smallest absolute Gasteiger partial charge is 0.300 e. The molecule has 0 saturated carbocycles. The molecule has 7 nitrogen and oxygen atoms in total. The minimum atomic E-state index is -1.16. The van der Waals surface area contributed by atoms with E-state index in [-0.39, 0.29) is 44.1 Å². The third-order valence-electron chi connectivity index (χ3n) is 5.33. The lowest BCUT2D eigenvalue weighted by molar-refractivity contribution is -0.132. The molecule has 1 saturated heterocycles. The number of anilines is 1. The molecule has 1 amide bonds. The van der Waals surface area contributed by atoms with Crippen LogP contribution in [0.4, 0.5) is 5.69 Å². The van der Waals surface area contributed by atoms with E-state index in [9.17, 15) is 19.8 Å². The van der Waals surface area contributed by atoms with Gasteiger partial charge in [0.25, 0.3) is 11.7 Å². The molecule has 0 radical (unpaired) electrons. The number of ether oxygens (including phenoxy) is 1. The van der Waals surface area contributed by atoms with E-state index in [4.69, 9.17) is 32.4 Å². The third kappa shape index (κ3) is 3.83. The summed E-state index contributed by atoms with van der Waals surface area (Å²) in [6.45, 7) is 3.49. The molecule has 1 aromatic heterocycles. The number of benzene rings is 2. The van der Waals surface area contributed by atoms with Gasteiger partial charge in [0.15, 0.2) is 0 Å². The molecule has 9 heteroatoms. The van der Waals surface area contributed by atoms with Crippen molar-refractivity contribution in [2.45, 2.75) is 19.9 Å². The fourth-order valence-corrected chi connectivity index (χ4v) is 4.44. The first-order valence-electron chi connectivity index (χ1n) is 9.84. The topological polar surface area (TPSA) is 100 Å². The van der Waals surface area contributed by atoms with Crippen molar-refractivity contribution >= 4 is 46.3 Å². The number of amides is 1. The van der Waals surface area contributed by atoms with Crippen LogP contribution in [0.15, 0.2) is 52.5 Å². The van der Waals surface area contributed by atoms with E-state index in [0.29, 0.717) is 5.76 Å². The molecule has 1 aliphatic heterocycles. The molecular formula is C24H19Cl2NO6. The fourth-order valence-electron chi connectivity index (χ4n) is 3.87. The Bertz CT molecular complexity index is 1330. The van der Waals surface area contributed by atoms with E-state index < -0.39 is 23.5 Å². The zero-order valence-electron chi connectivity index (χ0n) is 17.8. The molecule has 2 heterocycles. The second-order valence-electron chi connectivity index (χ2n) is 7.58. The lowest BCUT2D eigenvalue weighted by Gasteiger charge is -2.24. The highest BCUT2D eigenvalue weighted by molar-refractivity contribution is 6.52. The van der Waals surface area contributed by atoms with Crippen LogP contribution in [0.25, 0.3) is 5.76 Å². The standard InChI is InChI=1S/C24H19Cl2NO6/c1-11-4-6-17(28)16(8-11)27-20(18-7-5-12(2)33-18)19(22(30)24(27)31)21(29)14-9-13(25)10-15(26)23(14)32-3/h4-10,20,28-29H,1-3H3/b21-19+. The molecule has 4 rings (SSSR count).